The van der Waals surface area contributed by atoms with Crippen LogP contribution in [0.3, 0.4) is 0 Å². The molecule has 0 heterocycles. The molecule has 0 aliphatic rings. The monoisotopic (exact) mass is 473 g/mol. The Labute approximate surface area is 202 Å². The van der Waals surface area contributed by atoms with Crippen molar-refractivity contribution in [1.82, 2.24) is 5.32 Å². The topological polar surface area (TPSA) is 83.1 Å². The SMILES string of the molecule is CCCOCC(COCCC)(COCCC)NC(=O)CCCCCCCCCCC(=O)OC. The summed E-state index contributed by atoms with van der Waals surface area (Å²) in [4.78, 5) is 23.8. The van der Waals surface area contributed by atoms with E-state index in [0.29, 0.717) is 52.5 Å². The lowest BCUT2D eigenvalue weighted by Gasteiger charge is -2.34. The van der Waals surface area contributed by atoms with Crippen LogP contribution in [0.15, 0.2) is 0 Å². The predicted molar refractivity (Wildman–Crippen MR) is 132 cm³/mol. The van der Waals surface area contributed by atoms with E-state index in [-0.39, 0.29) is 11.9 Å². The van der Waals surface area contributed by atoms with E-state index >= 15 is 0 Å². The third kappa shape index (κ3) is 18.9. The highest BCUT2D eigenvalue weighted by Gasteiger charge is 2.33. The molecule has 0 aliphatic carbocycles. The zero-order valence-corrected chi connectivity index (χ0v) is 21.9. The fourth-order valence-electron chi connectivity index (χ4n) is 3.54. The number of carbonyl (C=O) groups is 2. The van der Waals surface area contributed by atoms with Crippen LogP contribution in [0.5, 0.6) is 0 Å². The van der Waals surface area contributed by atoms with Gasteiger partial charge in [0.25, 0.3) is 0 Å². The van der Waals surface area contributed by atoms with Crippen molar-refractivity contribution in [1.29, 1.82) is 0 Å². The lowest BCUT2D eigenvalue weighted by atomic mass is 10.0. The van der Waals surface area contributed by atoms with Gasteiger partial charge in [-0.05, 0) is 32.1 Å². The Balaban J connectivity index is 4.30. The van der Waals surface area contributed by atoms with Crippen LogP contribution in [-0.2, 0) is 28.5 Å². The van der Waals surface area contributed by atoms with Gasteiger partial charge in [0.1, 0.15) is 5.54 Å². The van der Waals surface area contributed by atoms with E-state index < -0.39 is 5.54 Å². The van der Waals surface area contributed by atoms with Crippen molar-refractivity contribution in [2.24, 2.45) is 0 Å². The number of rotatable bonds is 24. The van der Waals surface area contributed by atoms with Gasteiger partial charge < -0.3 is 24.3 Å². The Kier molecular flexibility index (Phi) is 21.8. The van der Waals surface area contributed by atoms with Crippen molar-refractivity contribution in [2.45, 2.75) is 110 Å². The Morgan fingerprint density at radius 1 is 0.636 bits per heavy atom. The van der Waals surface area contributed by atoms with Gasteiger partial charge >= 0.3 is 5.97 Å². The van der Waals surface area contributed by atoms with Crippen molar-refractivity contribution in [3.05, 3.63) is 0 Å². The number of nitrogens with one attached hydrogen (secondary N) is 1. The zero-order chi connectivity index (χ0) is 24.6. The van der Waals surface area contributed by atoms with Gasteiger partial charge in [-0.3, -0.25) is 9.59 Å². The molecule has 196 valence electrons. The van der Waals surface area contributed by atoms with E-state index in [1.807, 2.05) is 0 Å². The van der Waals surface area contributed by atoms with Crippen LogP contribution >= 0.6 is 0 Å². The summed E-state index contributed by atoms with van der Waals surface area (Å²) in [5, 5.41) is 3.19. The summed E-state index contributed by atoms with van der Waals surface area (Å²) >= 11 is 0. The predicted octanol–water partition coefficient (Wildman–Crippen LogP) is 5.20. The lowest BCUT2D eigenvalue weighted by Crippen LogP contribution is -2.58. The fraction of sp³-hybridized carbons (Fsp3) is 0.923. The van der Waals surface area contributed by atoms with E-state index in [1.165, 1.54) is 20.0 Å². The van der Waals surface area contributed by atoms with Crippen LogP contribution in [0.2, 0.25) is 0 Å². The molecule has 1 N–H and O–H groups in total. The summed E-state index contributed by atoms with van der Waals surface area (Å²) in [6, 6.07) is 0. The summed E-state index contributed by atoms with van der Waals surface area (Å²) < 4.78 is 22.1. The van der Waals surface area contributed by atoms with Gasteiger partial charge in [0, 0.05) is 32.7 Å². The fourth-order valence-corrected chi connectivity index (χ4v) is 3.54. The molecule has 0 aromatic heterocycles. The Morgan fingerprint density at radius 3 is 1.42 bits per heavy atom. The number of unbranched alkanes of at least 4 members (excludes halogenated alkanes) is 7. The first-order valence-corrected chi connectivity index (χ1v) is 13.1. The minimum absolute atomic E-state index is 0.0399. The molecule has 1 amide bonds. The van der Waals surface area contributed by atoms with Crippen LogP contribution in [0.1, 0.15) is 104 Å². The highest BCUT2D eigenvalue weighted by atomic mass is 16.5. The Hall–Kier alpha value is -1.18. The van der Waals surface area contributed by atoms with E-state index in [0.717, 1.165) is 57.8 Å². The minimum atomic E-state index is -0.638. The average Bonchev–Trinajstić information content (AvgIpc) is 2.80. The van der Waals surface area contributed by atoms with Crippen LogP contribution < -0.4 is 5.32 Å². The maximum Gasteiger partial charge on any atom is 0.305 e. The van der Waals surface area contributed by atoms with E-state index in [9.17, 15) is 9.59 Å². The van der Waals surface area contributed by atoms with Crippen molar-refractivity contribution in [3.63, 3.8) is 0 Å². The average molecular weight is 474 g/mol. The molecule has 0 saturated carbocycles. The molecule has 0 unspecified atom stereocenters. The van der Waals surface area contributed by atoms with Crippen molar-refractivity contribution >= 4 is 11.9 Å². The van der Waals surface area contributed by atoms with E-state index in [1.54, 1.807) is 0 Å². The third-order valence-electron chi connectivity index (χ3n) is 5.35. The summed E-state index contributed by atoms with van der Waals surface area (Å²) in [6.07, 6.45) is 12.4. The van der Waals surface area contributed by atoms with Gasteiger partial charge in [0.05, 0.1) is 26.9 Å². The van der Waals surface area contributed by atoms with Crippen LogP contribution in [-0.4, -0.2) is 64.2 Å². The number of hydrogen-bond donors (Lipinski definition) is 1. The smallest absolute Gasteiger partial charge is 0.305 e. The molecule has 7 heteroatoms. The molecule has 0 radical (unpaired) electrons. The third-order valence-corrected chi connectivity index (χ3v) is 5.35. The standard InChI is InChI=1S/C26H51NO6/c1-5-18-31-21-26(22-32-19-6-2,23-33-20-7-3)27-24(28)16-14-12-10-8-9-11-13-15-17-25(29)30-4/h5-23H2,1-4H3,(H,27,28). The summed E-state index contributed by atoms with van der Waals surface area (Å²) in [7, 11) is 1.43. The molecule has 0 aliphatic heterocycles. The number of esters is 1. The first-order chi connectivity index (χ1) is 16.0. The largest absolute Gasteiger partial charge is 0.469 e. The second kappa shape index (κ2) is 22.6. The number of amides is 1. The number of carbonyl (C=O) groups excluding carboxylic acids is 2. The van der Waals surface area contributed by atoms with E-state index in [2.05, 4.69) is 30.8 Å². The molecule has 0 rings (SSSR count). The van der Waals surface area contributed by atoms with Gasteiger partial charge in [0.15, 0.2) is 0 Å². The number of ether oxygens (including phenoxy) is 4. The lowest BCUT2D eigenvalue weighted by molar-refractivity contribution is -0.140. The van der Waals surface area contributed by atoms with Gasteiger partial charge in [-0.15, -0.1) is 0 Å². The first-order valence-electron chi connectivity index (χ1n) is 13.1. The number of hydrogen-bond acceptors (Lipinski definition) is 6. The molecule has 0 atom stereocenters. The van der Waals surface area contributed by atoms with Crippen molar-refractivity contribution in [2.75, 3.05) is 46.8 Å². The van der Waals surface area contributed by atoms with Crippen LogP contribution in [0.4, 0.5) is 0 Å². The van der Waals surface area contributed by atoms with Crippen LogP contribution in [0, 0.1) is 0 Å². The highest BCUT2D eigenvalue weighted by Crippen LogP contribution is 2.13. The van der Waals surface area contributed by atoms with E-state index in [4.69, 9.17) is 14.2 Å². The molecule has 0 spiro atoms. The molecule has 0 bridgehead atoms. The minimum Gasteiger partial charge on any atom is -0.469 e. The van der Waals surface area contributed by atoms with Crippen molar-refractivity contribution in [3.8, 4) is 0 Å². The highest BCUT2D eigenvalue weighted by molar-refractivity contribution is 5.76. The van der Waals surface area contributed by atoms with Gasteiger partial charge in [0.2, 0.25) is 5.91 Å². The molecule has 0 fully saturated rings. The van der Waals surface area contributed by atoms with Crippen LogP contribution in [0.25, 0.3) is 0 Å². The van der Waals surface area contributed by atoms with Crippen molar-refractivity contribution < 1.29 is 28.5 Å². The molecule has 0 saturated heterocycles. The van der Waals surface area contributed by atoms with Gasteiger partial charge in [-0.25, -0.2) is 0 Å². The molecule has 0 aromatic rings. The summed E-state index contributed by atoms with van der Waals surface area (Å²) in [5.41, 5.74) is -0.638. The summed E-state index contributed by atoms with van der Waals surface area (Å²) in [5.74, 6) is -0.0822. The summed E-state index contributed by atoms with van der Waals surface area (Å²) in [6.45, 7) is 9.38. The maximum atomic E-state index is 12.7. The molecular formula is C26H51NO6. The molecule has 0 aromatic carbocycles. The first kappa shape index (κ1) is 31.8. The Bertz CT molecular complexity index is 445. The maximum absolute atomic E-state index is 12.7. The Morgan fingerprint density at radius 2 is 1.03 bits per heavy atom. The molecular weight excluding hydrogens is 422 g/mol. The molecule has 7 nitrogen and oxygen atoms in total. The molecule has 33 heavy (non-hydrogen) atoms. The quantitative estimate of drug-likeness (QED) is 0.153. The zero-order valence-electron chi connectivity index (χ0n) is 21.9. The second-order valence-electron chi connectivity index (χ2n) is 8.89. The number of methoxy groups -OCH3 is 1. The second-order valence-corrected chi connectivity index (χ2v) is 8.89. The van der Waals surface area contributed by atoms with Gasteiger partial charge in [-0.2, -0.15) is 0 Å². The normalized spacial score (nSPS) is 11.5. The van der Waals surface area contributed by atoms with Gasteiger partial charge in [-0.1, -0.05) is 59.3 Å².